The number of furan rings is 1. The van der Waals surface area contributed by atoms with Gasteiger partial charge in [-0.1, -0.05) is 6.07 Å². The number of ether oxygens (including phenoxy) is 1. The fourth-order valence-corrected chi connectivity index (χ4v) is 1.34. The minimum Gasteiger partial charge on any atom is -0.497 e. The van der Waals surface area contributed by atoms with Crippen molar-refractivity contribution in [1.29, 1.82) is 0 Å². The van der Waals surface area contributed by atoms with Crippen molar-refractivity contribution in [3.63, 3.8) is 0 Å². The van der Waals surface area contributed by atoms with Crippen molar-refractivity contribution >= 4 is 12.1 Å². The molecule has 0 saturated heterocycles. The molecule has 5 nitrogen and oxygen atoms in total. The van der Waals surface area contributed by atoms with Crippen molar-refractivity contribution in [2.45, 2.75) is 0 Å². The molecule has 92 valence electrons. The second-order valence-corrected chi connectivity index (χ2v) is 3.49. The van der Waals surface area contributed by atoms with Crippen LogP contribution in [0, 0.1) is 0 Å². The summed E-state index contributed by atoms with van der Waals surface area (Å²) in [6.07, 6.45) is 4.56. The molecule has 0 spiro atoms. The van der Waals surface area contributed by atoms with E-state index in [1.54, 1.807) is 37.4 Å². The van der Waals surface area contributed by atoms with E-state index in [2.05, 4.69) is 10.5 Å². The van der Waals surface area contributed by atoms with Gasteiger partial charge in [-0.15, -0.1) is 0 Å². The van der Waals surface area contributed by atoms with Crippen LogP contribution in [0.5, 0.6) is 5.75 Å². The van der Waals surface area contributed by atoms with Gasteiger partial charge in [0.05, 0.1) is 25.9 Å². The molecule has 2 aromatic rings. The summed E-state index contributed by atoms with van der Waals surface area (Å²) < 4.78 is 9.90. The third-order valence-corrected chi connectivity index (χ3v) is 2.25. The highest BCUT2D eigenvalue weighted by atomic mass is 16.5. The van der Waals surface area contributed by atoms with Crippen LogP contribution in [0.4, 0.5) is 0 Å². The summed E-state index contributed by atoms with van der Waals surface area (Å²) in [6.45, 7) is 0. The van der Waals surface area contributed by atoms with E-state index >= 15 is 0 Å². The molecule has 1 heterocycles. The number of carbonyl (C=O) groups is 1. The van der Waals surface area contributed by atoms with Crippen LogP contribution in [-0.4, -0.2) is 19.2 Å². The maximum Gasteiger partial charge on any atom is 0.271 e. The van der Waals surface area contributed by atoms with Gasteiger partial charge in [0.1, 0.15) is 5.75 Å². The molecular weight excluding hydrogens is 232 g/mol. The Labute approximate surface area is 104 Å². The first kappa shape index (κ1) is 11.9. The molecule has 2 rings (SSSR count). The molecule has 0 aliphatic heterocycles. The van der Waals surface area contributed by atoms with Gasteiger partial charge in [-0.2, -0.15) is 5.10 Å². The number of hydrogen-bond donors (Lipinski definition) is 1. The lowest BCUT2D eigenvalue weighted by molar-refractivity contribution is 0.0955. The predicted octanol–water partition coefficient (Wildman–Crippen LogP) is 2.05. The molecule has 0 bridgehead atoms. The van der Waals surface area contributed by atoms with E-state index in [1.807, 2.05) is 0 Å². The van der Waals surface area contributed by atoms with Crippen molar-refractivity contribution in [2.24, 2.45) is 5.10 Å². The standard InChI is InChI=1S/C13H12N2O3/c1-17-12-4-2-3-11(7-12)13(16)15-14-8-10-5-6-18-9-10/h2-9H,1H3,(H,15,16)/b14-8-. The van der Waals surface area contributed by atoms with Gasteiger partial charge in [0.15, 0.2) is 0 Å². The third-order valence-electron chi connectivity index (χ3n) is 2.25. The van der Waals surface area contributed by atoms with Crippen LogP contribution in [0.2, 0.25) is 0 Å². The minimum atomic E-state index is -0.298. The van der Waals surface area contributed by atoms with Crippen molar-refractivity contribution in [3.8, 4) is 5.75 Å². The van der Waals surface area contributed by atoms with Gasteiger partial charge in [-0.3, -0.25) is 4.79 Å². The second-order valence-electron chi connectivity index (χ2n) is 3.49. The lowest BCUT2D eigenvalue weighted by Crippen LogP contribution is -2.17. The number of methoxy groups -OCH3 is 1. The first-order valence-corrected chi connectivity index (χ1v) is 5.29. The molecule has 5 heteroatoms. The van der Waals surface area contributed by atoms with E-state index in [0.29, 0.717) is 11.3 Å². The SMILES string of the molecule is COc1cccc(C(=O)N/N=C\c2ccoc2)c1. The Morgan fingerprint density at radius 3 is 3.06 bits per heavy atom. The largest absolute Gasteiger partial charge is 0.497 e. The Bertz CT molecular complexity index is 547. The van der Waals surface area contributed by atoms with Crippen LogP contribution < -0.4 is 10.2 Å². The molecule has 0 aliphatic carbocycles. The molecule has 1 aromatic heterocycles. The van der Waals surface area contributed by atoms with Gasteiger partial charge in [-0.25, -0.2) is 5.43 Å². The zero-order valence-electron chi connectivity index (χ0n) is 9.79. The number of hydrogen-bond acceptors (Lipinski definition) is 4. The normalized spacial score (nSPS) is 10.5. The van der Waals surface area contributed by atoms with Gasteiger partial charge < -0.3 is 9.15 Å². The summed E-state index contributed by atoms with van der Waals surface area (Å²) in [7, 11) is 1.55. The average molecular weight is 244 g/mol. The highest BCUT2D eigenvalue weighted by molar-refractivity contribution is 5.95. The Kier molecular flexibility index (Phi) is 3.76. The Balaban J connectivity index is 1.99. The quantitative estimate of drug-likeness (QED) is 0.661. The van der Waals surface area contributed by atoms with E-state index in [0.717, 1.165) is 5.56 Å². The predicted molar refractivity (Wildman–Crippen MR) is 66.8 cm³/mol. The van der Waals surface area contributed by atoms with Crippen molar-refractivity contribution in [3.05, 3.63) is 54.0 Å². The Morgan fingerprint density at radius 2 is 2.33 bits per heavy atom. The number of benzene rings is 1. The van der Waals surface area contributed by atoms with Gasteiger partial charge in [0.25, 0.3) is 5.91 Å². The van der Waals surface area contributed by atoms with E-state index in [4.69, 9.17) is 9.15 Å². The lowest BCUT2D eigenvalue weighted by Gasteiger charge is -2.02. The maximum absolute atomic E-state index is 11.7. The van der Waals surface area contributed by atoms with Crippen LogP contribution in [-0.2, 0) is 0 Å². The number of nitrogens with one attached hydrogen (secondary N) is 1. The molecule has 1 amide bonds. The fourth-order valence-electron chi connectivity index (χ4n) is 1.34. The van der Waals surface area contributed by atoms with E-state index < -0.39 is 0 Å². The molecule has 1 aromatic carbocycles. The molecule has 18 heavy (non-hydrogen) atoms. The smallest absolute Gasteiger partial charge is 0.271 e. The van der Waals surface area contributed by atoms with Crippen molar-refractivity contribution < 1.29 is 13.9 Å². The van der Waals surface area contributed by atoms with Crippen molar-refractivity contribution in [1.82, 2.24) is 5.43 Å². The first-order chi connectivity index (χ1) is 8.79. The molecule has 0 fully saturated rings. The number of carbonyl (C=O) groups excluding carboxylic acids is 1. The van der Waals surface area contributed by atoms with Gasteiger partial charge in [0.2, 0.25) is 0 Å². The number of rotatable bonds is 4. The molecule has 0 aliphatic rings. The molecule has 0 atom stereocenters. The average Bonchev–Trinajstić information content (AvgIpc) is 2.92. The van der Waals surface area contributed by atoms with E-state index in [1.165, 1.54) is 18.7 Å². The first-order valence-electron chi connectivity index (χ1n) is 5.29. The highest BCUT2D eigenvalue weighted by Crippen LogP contribution is 2.12. The molecule has 0 unspecified atom stereocenters. The monoisotopic (exact) mass is 244 g/mol. The summed E-state index contributed by atoms with van der Waals surface area (Å²) in [4.78, 5) is 11.7. The highest BCUT2D eigenvalue weighted by Gasteiger charge is 2.04. The van der Waals surface area contributed by atoms with E-state index in [-0.39, 0.29) is 5.91 Å². The summed E-state index contributed by atoms with van der Waals surface area (Å²) in [5.74, 6) is 0.329. The van der Waals surface area contributed by atoms with Crippen LogP contribution in [0.15, 0.2) is 52.4 Å². The summed E-state index contributed by atoms with van der Waals surface area (Å²) >= 11 is 0. The molecule has 0 radical (unpaired) electrons. The van der Waals surface area contributed by atoms with Crippen LogP contribution in [0.1, 0.15) is 15.9 Å². The van der Waals surface area contributed by atoms with Gasteiger partial charge >= 0.3 is 0 Å². The molecule has 1 N–H and O–H groups in total. The number of amides is 1. The Morgan fingerprint density at radius 1 is 1.44 bits per heavy atom. The zero-order valence-corrected chi connectivity index (χ0v) is 9.79. The minimum absolute atomic E-state index is 0.298. The van der Waals surface area contributed by atoms with Gasteiger partial charge in [0, 0.05) is 11.1 Å². The summed E-state index contributed by atoms with van der Waals surface area (Å²) in [6, 6.07) is 8.58. The Hall–Kier alpha value is -2.56. The van der Waals surface area contributed by atoms with E-state index in [9.17, 15) is 4.79 Å². The number of hydrazone groups is 1. The van der Waals surface area contributed by atoms with Crippen LogP contribution in [0.3, 0.4) is 0 Å². The maximum atomic E-state index is 11.7. The third kappa shape index (κ3) is 2.98. The summed E-state index contributed by atoms with van der Waals surface area (Å²) in [5.41, 5.74) is 3.69. The summed E-state index contributed by atoms with van der Waals surface area (Å²) in [5, 5.41) is 3.82. The lowest BCUT2D eigenvalue weighted by atomic mass is 10.2. The van der Waals surface area contributed by atoms with Crippen molar-refractivity contribution in [2.75, 3.05) is 7.11 Å². The molecular formula is C13H12N2O3. The topological polar surface area (TPSA) is 63.8 Å². The van der Waals surface area contributed by atoms with Gasteiger partial charge in [-0.05, 0) is 24.3 Å². The molecule has 0 saturated carbocycles. The fraction of sp³-hybridized carbons (Fsp3) is 0.0769. The zero-order chi connectivity index (χ0) is 12.8. The number of nitrogens with zero attached hydrogens (tertiary/aromatic N) is 1. The second kappa shape index (κ2) is 5.67. The van der Waals surface area contributed by atoms with Crippen LogP contribution in [0.25, 0.3) is 0 Å². The van der Waals surface area contributed by atoms with Crippen LogP contribution >= 0.6 is 0 Å².